The number of ether oxygens (including phenoxy) is 1. The highest BCUT2D eigenvalue weighted by Gasteiger charge is 2.38. The van der Waals surface area contributed by atoms with E-state index in [0.717, 1.165) is 12.0 Å². The highest BCUT2D eigenvalue weighted by atomic mass is 19.4. The molecule has 1 aliphatic heterocycles. The average molecular weight is 569 g/mol. The zero-order chi connectivity index (χ0) is 29.2. The van der Waals surface area contributed by atoms with Gasteiger partial charge in [0, 0.05) is 25.2 Å². The second-order valence-corrected chi connectivity index (χ2v) is 10.3. The van der Waals surface area contributed by atoms with Crippen molar-refractivity contribution in [1.82, 2.24) is 25.4 Å². The van der Waals surface area contributed by atoms with Gasteiger partial charge in [0.05, 0.1) is 22.4 Å². The van der Waals surface area contributed by atoms with Crippen molar-refractivity contribution in [3.8, 4) is 17.6 Å². The number of carbonyl (C=O) groups is 2. The number of hydrogen-bond donors (Lipinski definition) is 3. The number of hydrogen-bond acceptors (Lipinski definition) is 7. The third-order valence-corrected chi connectivity index (χ3v) is 7.21. The molecule has 0 bridgehead atoms. The molecule has 2 aliphatic rings. The lowest BCUT2D eigenvalue weighted by Crippen LogP contribution is -2.48. The number of aryl methyl sites for hydroxylation is 1. The SMILES string of the molecule is N#Cc1ccc(-n2nc3c(c2C(=O)NCC2(O)CCC2)C(=O)NC(CCc2cccc(OCC(F)(F)F)c2)C3)nc1. The number of halogens is 3. The van der Waals surface area contributed by atoms with Gasteiger partial charge < -0.3 is 20.5 Å². The maximum absolute atomic E-state index is 13.3. The number of aliphatic hydroxyl groups is 1. The smallest absolute Gasteiger partial charge is 0.422 e. The van der Waals surface area contributed by atoms with Gasteiger partial charge in [-0.05, 0) is 61.9 Å². The van der Waals surface area contributed by atoms with E-state index in [4.69, 9.17) is 10.00 Å². The predicted octanol–water partition coefficient (Wildman–Crippen LogP) is 3.01. The van der Waals surface area contributed by atoms with Crippen LogP contribution in [0.3, 0.4) is 0 Å². The number of carbonyl (C=O) groups excluding carboxylic acids is 2. The first-order chi connectivity index (χ1) is 19.5. The molecule has 0 spiro atoms. The minimum absolute atomic E-state index is 0.0226. The van der Waals surface area contributed by atoms with E-state index in [0.29, 0.717) is 43.4 Å². The van der Waals surface area contributed by atoms with Crippen molar-refractivity contribution in [2.75, 3.05) is 13.2 Å². The zero-order valence-corrected chi connectivity index (χ0v) is 21.9. The van der Waals surface area contributed by atoms with Crippen LogP contribution >= 0.6 is 0 Å². The maximum atomic E-state index is 13.3. The fourth-order valence-corrected chi connectivity index (χ4v) is 4.90. The molecule has 13 heteroatoms. The van der Waals surface area contributed by atoms with Gasteiger partial charge in [-0.3, -0.25) is 9.59 Å². The molecule has 1 aromatic carbocycles. The predicted molar refractivity (Wildman–Crippen MR) is 138 cm³/mol. The Morgan fingerprint density at radius 2 is 2.10 bits per heavy atom. The van der Waals surface area contributed by atoms with Gasteiger partial charge in [-0.1, -0.05) is 12.1 Å². The van der Waals surface area contributed by atoms with E-state index < -0.39 is 30.2 Å². The molecule has 1 atom stereocenters. The number of fused-ring (bicyclic) bond motifs is 1. The third kappa shape index (κ3) is 6.49. The molecule has 5 rings (SSSR count). The average Bonchev–Trinajstić information content (AvgIpc) is 3.33. The molecule has 2 amide bonds. The van der Waals surface area contributed by atoms with Gasteiger partial charge in [0.1, 0.15) is 17.5 Å². The normalized spacial score (nSPS) is 17.5. The van der Waals surface area contributed by atoms with Crippen molar-refractivity contribution in [1.29, 1.82) is 5.26 Å². The molecule has 2 aromatic heterocycles. The number of aromatic nitrogens is 3. The molecule has 0 radical (unpaired) electrons. The first-order valence-corrected chi connectivity index (χ1v) is 13.1. The van der Waals surface area contributed by atoms with Crippen LogP contribution in [0.4, 0.5) is 13.2 Å². The number of alkyl halides is 3. The molecule has 3 aromatic rings. The summed E-state index contributed by atoms with van der Waals surface area (Å²) in [4.78, 5) is 30.9. The molecular formula is C28H27F3N6O4. The van der Waals surface area contributed by atoms with Gasteiger partial charge >= 0.3 is 6.18 Å². The van der Waals surface area contributed by atoms with Crippen LogP contribution in [-0.4, -0.2) is 62.7 Å². The highest BCUT2D eigenvalue weighted by Crippen LogP contribution is 2.31. The fraction of sp³-hybridized carbons (Fsp3) is 0.393. The maximum Gasteiger partial charge on any atom is 0.422 e. The second kappa shape index (κ2) is 11.2. The van der Waals surface area contributed by atoms with Crippen molar-refractivity contribution < 1.29 is 32.6 Å². The Morgan fingerprint density at radius 3 is 2.76 bits per heavy atom. The van der Waals surface area contributed by atoms with Crippen molar-refractivity contribution in [3.63, 3.8) is 0 Å². The standard InChI is InChI=1S/C28H27F3N6O4/c29-28(30,31)16-41-20-4-1-3-17(11-20)5-7-19-12-21-23(25(38)35-19)24(26(39)34-15-27(40)9-2-10-27)37(36-21)22-8-6-18(13-32)14-33-22/h1,3-4,6,8,11,14,19,40H,2,5,7,9-10,12,15-16H2,(H,34,39)(H,35,38). The largest absolute Gasteiger partial charge is 0.484 e. The molecule has 3 heterocycles. The van der Waals surface area contributed by atoms with Crippen molar-refractivity contribution in [3.05, 3.63) is 70.7 Å². The number of rotatable bonds is 9. The zero-order valence-electron chi connectivity index (χ0n) is 21.9. The van der Waals surface area contributed by atoms with E-state index in [1.807, 2.05) is 6.07 Å². The summed E-state index contributed by atoms with van der Waals surface area (Å²) >= 11 is 0. The monoisotopic (exact) mass is 568 g/mol. The van der Waals surface area contributed by atoms with Crippen molar-refractivity contribution >= 4 is 11.8 Å². The lowest BCUT2D eigenvalue weighted by Gasteiger charge is -2.36. The summed E-state index contributed by atoms with van der Waals surface area (Å²) in [5.41, 5.74) is 0.550. The summed E-state index contributed by atoms with van der Waals surface area (Å²) in [6, 6.07) is 11.0. The van der Waals surface area contributed by atoms with Crippen LogP contribution in [0.1, 0.15) is 63.4 Å². The van der Waals surface area contributed by atoms with Crippen LogP contribution in [0.2, 0.25) is 0 Å². The Bertz CT molecular complexity index is 1490. The third-order valence-electron chi connectivity index (χ3n) is 7.21. The van der Waals surface area contributed by atoms with Gasteiger partial charge in [0.25, 0.3) is 11.8 Å². The molecule has 1 saturated carbocycles. The summed E-state index contributed by atoms with van der Waals surface area (Å²) in [6.45, 7) is -1.35. The number of benzene rings is 1. The molecule has 0 saturated heterocycles. The van der Waals surface area contributed by atoms with Gasteiger partial charge in [0.15, 0.2) is 12.4 Å². The summed E-state index contributed by atoms with van der Waals surface area (Å²) in [6.07, 6.45) is 0.121. The van der Waals surface area contributed by atoms with E-state index in [2.05, 4.69) is 20.7 Å². The molecule has 214 valence electrons. The van der Waals surface area contributed by atoms with Crippen molar-refractivity contribution in [2.45, 2.75) is 56.3 Å². The number of amides is 2. The van der Waals surface area contributed by atoms with E-state index in [-0.39, 0.29) is 35.4 Å². The summed E-state index contributed by atoms with van der Waals surface area (Å²) in [7, 11) is 0. The number of pyridine rings is 1. The van der Waals surface area contributed by atoms with Crippen LogP contribution in [0, 0.1) is 11.3 Å². The quantitative estimate of drug-likeness (QED) is 0.360. The van der Waals surface area contributed by atoms with Crippen LogP contribution in [-0.2, 0) is 12.8 Å². The van der Waals surface area contributed by atoms with Gasteiger partial charge in [-0.15, -0.1) is 0 Å². The summed E-state index contributed by atoms with van der Waals surface area (Å²) in [5, 5.41) is 29.7. The lowest BCUT2D eigenvalue weighted by atomic mass is 9.80. The van der Waals surface area contributed by atoms with E-state index in [9.17, 15) is 27.9 Å². The molecule has 1 fully saturated rings. The molecular weight excluding hydrogens is 541 g/mol. The van der Waals surface area contributed by atoms with Crippen LogP contribution in [0.5, 0.6) is 5.75 Å². The minimum atomic E-state index is -4.44. The topological polar surface area (TPSA) is 142 Å². The Labute approximate surface area is 233 Å². The van der Waals surface area contributed by atoms with Crippen LogP contribution < -0.4 is 15.4 Å². The van der Waals surface area contributed by atoms with E-state index >= 15 is 0 Å². The number of nitrogens with one attached hydrogen (secondary N) is 2. The highest BCUT2D eigenvalue weighted by molar-refractivity contribution is 6.08. The summed E-state index contributed by atoms with van der Waals surface area (Å²) < 4.78 is 43.6. The fourth-order valence-electron chi connectivity index (χ4n) is 4.90. The van der Waals surface area contributed by atoms with Crippen LogP contribution in [0.25, 0.3) is 5.82 Å². The van der Waals surface area contributed by atoms with Gasteiger partial charge in [-0.2, -0.15) is 23.5 Å². The van der Waals surface area contributed by atoms with E-state index in [1.165, 1.54) is 35.1 Å². The number of nitrogens with zero attached hydrogens (tertiary/aromatic N) is 4. The molecule has 1 unspecified atom stereocenters. The molecule has 41 heavy (non-hydrogen) atoms. The Balaban J connectivity index is 1.35. The Morgan fingerprint density at radius 1 is 1.29 bits per heavy atom. The van der Waals surface area contributed by atoms with Crippen molar-refractivity contribution in [2.24, 2.45) is 0 Å². The first-order valence-electron chi connectivity index (χ1n) is 13.1. The van der Waals surface area contributed by atoms with Gasteiger partial charge in [0.2, 0.25) is 0 Å². The summed E-state index contributed by atoms with van der Waals surface area (Å²) in [5.74, 6) is -0.739. The molecule has 10 nitrogen and oxygen atoms in total. The minimum Gasteiger partial charge on any atom is -0.484 e. The van der Waals surface area contributed by atoms with Crippen LogP contribution in [0.15, 0.2) is 42.6 Å². The lowest BCUT2D eigenvalue weighted by molar-refractivity contribution is -0.153. The molecule has 1 aliphatic carbocycles. The van der Waals surface area contributed by atoms with Gasteiger partial charge in [-0.25, -0.2) is 9.67 Å². The first kappa shape index (κ1) is 28.1. The Hall–Kier alpha value is -4.44. The van der Waals surface area contributed by atoms with E-state index in [1.54, 1.807) is 12.1 Å². The number of nitriles is 1. The molecule has 3 N–H and O–H groups in total. The Kier molecular flexibility index (Phi) is 7.68. The second-order valence-electron chi connectivity index (χ2n) is 10.3.